The fourth-order valence-electron chi connectivity index (χ4n) is 2.06. The molecular formula is C15H12IN3O. The average molecular weight is 377 g/mol. The Balaban J connectivity index is 2.20. The molecule has 0 bridgehead atoms. The van der Waals surface area contributed by atoms with Crippen LogP contribution in [0.1, 0.15) is 12.6 Å². The highest BCUT2D eigenvalue weighted by Crippen LogP contribution is 2.18. The second kappa shape index (κ2) is 5.32. The van der Waals surface area contributed by atoms with E-state index in [9.17, 15) is 4.79 Å². The summed E-state index contributed by atoms with van der Waals surface area (Å²) in [5.74, 6) is 0.526. The van der Waals surface area contributed by atoms with Gasteiger partial charge in [0, 0.05) is 5.39 Å². The molecule has 1 N–H and O–H groups in total. The van der Waals surface area contributed by atoms with Crippen molar-refractivity contribution in [2.45, 2.75) is 13.3 Å². The normalized spacial score (nSPS) is 10.9. The molecule has 3 aromatic rings. The van der Waals surface area contributed by atoms with Crippen LogP contribution in [-0.2, 0) is 6.42 Å². The summed E-state index contributed by atoms with van der Waals surface area (Å²) >= 11 is 2.03. The minimum atomic E-state index is -0.109. The first-order chi connectivity index (χ1) is 9.69. The van der Waals surface area contributed by atoms with Gasteiger partial charge in [-0.3, -0.25) is 4.79 Å². The Labute approximate surface area is 129 Å². The highest BCUT2D eigenvalue weighted by molar-refractivity contribution is 14.1. The number of hydrogen-bond donors (Lipinski definition) is 1. The molecule has 0 radical (unpaired) electrons. The second-order valence-corrected chi connectivity index (χ2v) is 5.50. The summed E-state index contributed by atoms with van der Waals surface area (Å²) in [6.07, 6.45) is 0.725. The summed E-state index contributed by atoms with van der Waals surface area (Å²) in [6.45, 7) is 1.99. The summed E-state index contributed by atoms with van der Waals surface area (Å²) in [5, 5.41) is 1.07. The van der Waals surface area contributed by atoms with Crippen molar-refractivity contribution in [3.8, 4) is 11.5 Å². The molecule has 0 unspecified atom stereocenters. The summed E-state index contributed by atoms with van der Waals surface area (Å²) in [6, 6.07) is 11.7. The van der Waals surface area contributed by atoms with Gasteiger partial charge in [-0.2, -0.15) is 0 Å². The van der Waals surface area contributed by atoms with Gasteiger partial charge in [0.25, 0.3) is 5.56 Å². The van der Waals surface area contributed by atoms with Gasteiger partial charge in [-0.1, -0.05) is 31.2 Å². The Morgan fingerprint density at radius 2 is 1.95 bits per heavy atom. The SMILES string of the molecule is CCc1nc(-c2ccc3ccccc3n2)[nH]c(=O)c1I. The largest absolute Gasteiger partial charge is 0.304 e. The van der Waals surface area contributed by atoms with Gasteiger partial charge in [0.05, 0.1) is 14.8 Å². The number of aromatic amines is 1. The molecule has 0 atom stereocenters. The van der Waals surface area contributed by atoms with Crippen LogP contribution in [0, 0.1) is 3.57 Å². The van der Waals surface area contributed by atoms with Gasteiger partial charge in [0.2, 0.25) is 0 Å². The van der Waals surface area contributed by atoms with E-state index in [4.69, 9.17) is 0 Å². The number of fused-ring (bicyclic) bond motifs is 1. The number of halogens is 1. The Hall–Kier alpha value is -1.76. The standard InChI is InChI=1S/C15H12IN3O/c1-2-10-13(16)15(20)19-14(18-10)12-8-7-9-5-3-4-6-11(9)17-12/h3-8H,2H2,1H3,(H,18,19,20). The number of H-pyrrole nitrogens is 1. The third kappa shape index (κ3) is 2.33. The van der Waals surface area contributed by atoms with Crippen molar-refractivity contribution in [3.05, 3.63) is 56.0 Å². The molecule has 0 aliphatic rings. The number of nitrogens with one attached hydrogen (secondary N) is 1. The van der Waals surface area contributed by atoms with Crippen LogP contribution in [0.3, 0.4) is 0 Å². The third-order valence-electron chi connectivity index (χ3n) is 3.11. The molecule has 0 aliphatic heterocycles. The van der Waals surface area contributed by atoms with Gasteiger partial charge >= 0.3 is 0 Å². The maximum absolute atomic E-state index is 11.9. The van der Waals surface area contributed by atoms with Crippen LogP contribution in [0.2, 0.25) is 0 Å². The summed E-state index contributed by atoms with van der Waals surface area (Å²) in [7, 11) is 0. The number of benzene rings is 1. The molecule has 0 spiro atoms. The zero-order valence-corrected chi connectivity index (χ0v) is 13.0. The number of hydrogen-bond acceptors (Lipinski definition) is 3. The van der Waals surface area contributed by atoms with Gasteiger partial charge in [-0.05, 0) is 41.1 Å². The number of aryl methyl sites for hydroxylation is 1. The highest BCUT2D eigenvalue weighted by Gasteiger charge is 2.10. The molecule has 20 heavy (non-hydrogen) atoms. The van der Waals surface area contributed by atoms with Crippen LogP contribution in [0.15, 0.2) is 41.2 Å². The van der Waals surface area contributed by atoms with Gasteiger partial charge in [-0.25, -0.2) is 9.97 Å². The minimum absolute atomic E-state index is 0.109. The van der Waals surface area contributed by atoms with Crippen LogP contribution >= 0.6 is 22.6 Å². The maximum Gasteiger partial charge on any atom is 0.264 e. The molecule has 0 amide bonds. The van der Waals surface area contributed by atoms with Crippen molar-refractivity contribution < 1.29 is 0 Å². The number of rotatable bonds is 2. The fraction of sp³-hybridized carbons (Fsp3) is 0.133. The van der Waals surface area contributed by atoms with E-state index in [1.807, 2.05) is 65.9 Å². The molecular weight excluding hydrogens is 365 g/mol. The van der Waals surface area contributed by atoms with E-state index in [2.05, 4.69) is 15.0 Å². The van der Waals surface area contributed by atoms with E-state index < -0.39 is 0 Å². The van der Waals surface area contributed by atoms with Crippen molar-refractivity contribution in [1.82, 2.24) is 15.0 Å². The Morgan fingerprint density at radius 3 is 2.75 bits per heavy atom. The zero-order valence-electron chi connectivity index (χ0n) is 10.9. The predicted octanol–water partition coefficient (Wildman–Crippen LogP) is 3.15. The quantitative estimate of drug-likeness (QED) is 0.698. The van der Waals surface area contributed by atoms with Crippen LogP contribution in [-0.4, -0.2) is 15.0 Å². The predicted molar refractivity (Wildman–Crippen MR) is 87.7 cm³/mol. The minimum Gasteiger partial charge on any atom is -0.304 e. The molecule has 0 fully saturated rings. The maximum atomic E-state index is 11.9. The fourth-order valence-corrected chi connectivity index (χ4v) is 2.70. The van der Waals surface area contributed by atoms with E-state index in [0.29, 0.717) is 15.1 Å². The molecule has 2 aromatic heterocycles. The Bertz CT molecular complexity index is 842. The lowest BCUT2D eigenvalue weighted by atomic mass is 10.2. The molecule has 2 heterocycles. The van der Waals surface area contributed by atoms with Crippen molar-refractivity contribution in [2.24, 2.45) is 0 Å². The number of aromatic nitrogens is 3. The average Bonchev–Trinajstić information content (AvgIpc) is 2.49. The summed E-state index contributed by atoms with van der Waals surface area (Å²) in [4.78, 5) is 23.8. The van der Waals surface area contributed by atoms with Crippen LogP contribution < -0.4 is 5.56 Å². The van der Waals surface area contributed by atoms with E-state index >= 15 is 0 Å². The Morgan fingerprint density at radius 1 is 1.15 bits per heavy atom. The Kier molecular flexibility index (Phi) is 3.52. The summed E-state index contributed by atoms with van der Waals surface area (Å²) < 4.78 is 0.648. The first-order valence-corrected chi connectivity index (χ1v) is 7.41. The number of pyridine rings is 1. The van der Waals surface area contributed by atoms with Crippen LogP contribution in [0.5, 0.6) is 0 Å². The van der Waals surface area contributed by atoms with E-state index in [0.717, 1.165) is 23.0 Å². The van der Waals surface area contributed by atoms with E-state index in [-0.39, 0.29) is 5.56 Å². The molecule has 0 saturated carbocycles. The summed E-state index contributed by atoms with van der Waals surface area (Å²) in [5.41, 5.74) is 2.28. The molecule has 5 heteroatoms. The molecule has 0 saturated heterocycles. The van der Waals surface area contributed by atoms with E-state index in [1.165, 1.54) is 0 Å². The molecule has 3 rings (SSSR count). The lowest BCUT2D eigenvalue weighted by molar-refractivity contribution is 0.963. The van der Waals surface area contributed by atoms with Gasteiger partial charge in [0.15, 0.2) is 5.82 Å². The van der Waals surface area contributed by atoms with Crippen molar-refractivity contribution in [3.63, 3.8) is 0 Å². The smallest absolute Gasteiger partial charge is 0.264 e. The molecule has 0 aliphatic carbocycles. The highest BCUT2D eigenvalue weighted by atomic mass is 127. The van der Waals surface area contributed by atoms with E-state index in [1.54, 1.807) is 0 Å². The second-order valence-electron chi connectivity index (χ2n) is 4.42. The first kappa shape index (κ1) is 13.2. The topological polar surface area (TPSA) is 58.6 Å². The molecule has 100 valence electrons. The van der Waals surface area contributed by atoms with Crippen molar-refractivity contribution >= 4 is 33.5 Å². The molecule has 4 nitrogen and oxygen atoms in total. The number of para-hydroxylation sites is 1. The van der Waals surface area contributed by atoms with Crippen molar-refractivity contribution in [1.29, 1.82) is 0 Å². The number of nitrogens with zero attached hydrogens (tertiary/aromatic N) is 2. The van der Waals surface area contributed by atoms with Crippen LogP contribution in [0.25, 0.3) is 22.4 Å². The third-order valence-corrected chi connectivity index (χ3v) is 4.22. The van der Waals surface area contributed by atoms with Crippen LogP contribution in [0.4, 0.5) is 0 Å². The molecule has 1 aromatic carbocycles. The zero-order chi connectivity index (χ0) is 14.1. The monoisotopic (exact) mass is 377 g/mol. The lowest BCUT2D eigenvalue weighted by Crippen LogP contribution is -2.16. The van der Waals surface area contributed by atoms with Gasteiger partial charge in [-0.15, -0.1) is 0 Å². The van der Waals surface area contributed by atoms with Gasteiger partial charge < -0.3 is 4.98 Å². The van der Waals surface area contributed by atoms with Crippen molar-refractivity contribution in [2.75, 3.05) is 0 Å². The van der Waals surface area contributed by atoms with Gasteiger partial charge in [0.1, 0.15) is 5.69 Å². The first-order valence-electron chi connectivity index (χ1n) is 6.34. The lowest BCUT2D eigenvalue weighted by Gasteiger charge is -2.05.